The summed E-state index contributed by atoms with van der Waals surface area (Å²) in [5.74, 6) is -1.85. The zero-order chi connectivity index (χ0) is 17.2. The first-order chi connectivity index (χ1) is 11.5. The van der Waals surface area contributed by atoms with Crippen LogP contribution >= 0.6 is 0 Å². The van der Waals surface area contributed by atoms with Crippen LogP contribution in [0.4, 0.5) is 13.6 Å². The summed E-state index contributed by atoms with van der Waals surface area (Å²) in [7, 11) is 1.56. The second-order valence-electron chi connectivity index (χ2n) is 6.02. The molecule has 0 bridgehead atoms. The maximum Gasteiger partial charge on any atom is 0.318 e. The predicted octanol–water partition coefficient (Wildman–Crippen LogP) is 0.936. The number of amides is 2. The van der Waals surface area contributed by atoms with Gasteiger partial charge in [-0.15, -0.1) is 0 Å². The number of aromatic nitrogens is 3. The maximum absolute atomic E-state index is 13.6. The van der Waals surface area contributed by atoms with Crippen molar-refractivity contribution in [1.82, 2.24) is 25.0 Å². The quantitative estimate of drug-likeness (QED) is 0.882. The topological polar surface area (TPSA) is 81.5 Å². The standard InChI is InChI=1S/C14H21F2N5O3/c1-23-7-11-18-12-10(3-2-4-21(12)19-11)17-13(22)20-5-6-24-9-14(15,16)8-20/h10H,2-9H2,1H3,(H,17,22). The smallest absolute Gasteiger partial charge is 0.318 e. The molecule has 0 aliphatic carbocycles. The van der Waals surface area contributed by atoms with Gasteiger partial charge in [0.05, 0.1) is 19.2 Å². The number of nitrogens with zero attached hydrogens (tertiary/aromatic N) is 4. The SMILES string of the molecule is COCc1nc2n(n1)CCCC2NC(=O)N1CCOCC(F)(F)C1. The third kappa shape index (κ3) is 3.81. The minimum atomic E-state index is -3.04. The summed E-state index contributed by atoms with van der Waals surface area (Å²) in [6.45, 7) is -0.0654. The number of fused-ring (bicyclic) bond motifs is 1. The zero-order valence-electron chi connectivity index (χ0n) is 13.5. The van der Waals surface area contributed by atoms with Crippen LogP contribution in [0.1, 0.15) is 30.5 Å². The number of nitrogens with one attached hydrogen (secondary N) is 1. The Labute approximate surface area is 138 Å². The van der Waals surface area contributed by atoms with Crippen molar-refractivity contribution >= 4 is 6.03 Å². The molecule has 0 saturated carbocycles. The number of aryl methyl sites for hydroxylation is 1. The minimum absolute atomic E-state index is 0.0991. The molecule has 0 radical (unpaired) electrons. The molecule has 2 aliphatic heterocycles. The number of carbonyl (C=O) groups is 1. The fraction of sp³-hybridized carbons (Fsp3) is 0.786. The van der Waals surface area contributed by atoms with Crippen LogP contribution in [0.15, 0.2) is 0 Å². The third-order valence-corrected chi connectivity index (χ3v) is 4.02. The summed E-state index contributed by atoms with van der Waals surface area (Å²) < 4.78 is 38.8. The Morgan fingerprint density at radius 3 is 3.12 bits per heavy atom. The number of hydrogen-bond acceptors (Lipinski definition) is 5. The molecule has 2 amide bonds. The van der Waals surface area contributed by atoms with Crippen molar-refractivity contribution in [3.8, 4) is 0 Å². The normalized spacial score (nSPS) is 23.5. The molecule has 1 atom stereocenters. The summed E-state index contributed by atoms with van der Waals surface area (Å²) in [6, 6.07) is -0.878. The monoisotopic (exact) mass is 345 g/mol. The highest BCUT2D eigenvalue weighted by Crippen LogP contribution is 2.24. The fourth-order valence-electron chi connectivity index (χ4n) is 2.94. The lowest BCUT2D eigenvalue weighted by atomic mass is 10.1. The molecule has 1 aromatic rings. The second-order valence-corrected chi connectivity index (χ2v) is 6.02. The van der Waals surface area contributed by atoms with Crippen molar-refractivity contribution in [2.75, 3.05) is 33.4 Å². The van der Waals surface area contributed by atoms with Gasteiger partial charge < -0.3 is 19.7 Å². The van der Waals surface area contributed by atoms with E-state index in [2.05, 4.69) is 15.4 Å². The first-order valence-electron chi connectivity index (χ1n) is 7.92. The van der Waals surface area contributed by atoms with E-state index in [1.165, 1.54) is 0 Å². The van der Waals surface area contributed by atoms with E-state index in [1.54, 1.807) is 11.8 Å². The molecule has 1 N–H and O–H groups in total. The number of halogens is 2. The summed E-state index contributed by atoms with van der Waals surface area (Å²) in [5.41, 5.74) is 0. The summed E-state index contributed by atoms with van der Waals surface area (Å²) in [4.78, 5) is 17.9. The Hall–Kier alpha value is -1.81. The molecule has 2 aliphatic rings. The Kier molecular flexibility index (Phi) is 4.95. The van der Waals surface area contributed by atoms with E-state index < -0.39 is 25.1 Å². The van der Waals surface area contributed by atoms with Gasteiger partial charge in [0, 0.05) is 20.2 Å². The van der Waals surface area contributed by atoms with Crippen molar-refractivity contribution in [2.24, 2.45) is 0 Å². The first kappa shape index (κ1) is 17.0. The molecule has 1 fully saturated rings. The van der Waals surface area contributed by atoms with Crippen LogP contribution in [0.2, 0.25) is 0 Å². The molecule has 1 aromatic heterocycles. The Bertz CT molecular complexity index is 595. The van der Waals surface area contributed by atoms with Crippen LogP contribution in [0.5, 0.6) is 0 Å². The Morgan fingerprint density at radius 1 is 1.50 bits per heavy atom. The van der Waals surface area contributed by atoms with E-state index in [0.717, 1.165) is 11.3 Å². The highest BCUT2D eigenvalue weighted by atomic mass is 19.3. The minimum Gasteiger partial charge on any atom is -0.377 e. The molecule has 8 nitrogen and oxygen atoms in total. The van der Waals surface area contributed by atoms with Crippen LogP contribution in [0.25, 0.3) is 0 Å². The van der Waals surface area contributed by atoms with Gasteiger partial charge in [0.25, 0.3) is 5.92 Å². The molecular formula is C14H21F2N5O3. The summed E-state index contributed by atoms with van der Waals surface area (Å²) in [6.07, 6.45) is 1.52. The Morgan fingerprint density at radius 2 is 2.33 bits per heavy atom. The lowest BCUT2D eigenvalue weighted by Crippen LogP contribution is -2.47. The van der Waals surface area contributed by atoms with Gasteiger partial charge in [-0.1, -0.05) is 0 Å². The molecule has 1 saturated heterocycles. The van der Waals surface area contributed by atoms with Gasteiger partial charge in [0.15, 0.2) is 5.82 Å². The van der Waals surface area contributed by atoms with Gasteiger partial charge in [-0.3, -0.25) is 0 Å². The van der Waals surface area contributed by atoms with Crippen molar-refractivity contribution in [1.29, 1.82) is 0 Å². The largest absolute Gasteiger partial charge is 0.377 e. The zero-order valence-corrected chi connectivity index (χ0v) is 13.5. The maximum atomic E-state index is 13.6. The van der Waals surface area contributed by atoms with Gasteiger partial charge in [-0.2, -0.15) is 5.10 Å². The van der Waals surface area contributed by atoms with Gasteiger partial charge in [-0.25, -0.2) is 23.2 Å². The molecule has 0 spiro atoms. The van der Waals surface area contributed by atoms with E-state index in [-0.39, 0.29) is 25.8 Å². The number of methoxy groups -OCH3 is 1. The molecule has 3 heterocycles. The van der Waals surface area contributed by atoms with E-state index in [1.807, 2.05) is 0 Å². The summed E-state index contributed by atoms with van der Waals surface area (Å²) >= 11 is 0. The average molecular weight is 345 g/mol. The number of hydrogen-bond donors (Lipinski definition) is 1. The number of ether oxygens (including phenoxy) is 2. The van der Waals surface area contributed by atoms with Crippen molar-refractivity contribution in [3.63, 3.8) is 0 Å². The lowest BCUT2D eigenvalue weighted by molar-refractivity contribution is -0.0652. The van der Waals surface area contributed by atoms with Crippen LogP contribution in [-0.4, -0.2) is 65.0 Å². The van der Waals surface area contributed by atoms with E-state index >= 15 is 0 Å². The predicted molar refractivity (Wildman–Crippen MR) is 78.6 cm³/mol. The van der Waals surface area contributed by atoms with Gasteiger partial charge in [0.1, 0.15) is 19.0 Å². The third-order valence-electron chi connectivity index (χ3n) is 4.02. The van der Waals surface area contributed by atoms with Gasteiger partial charge >= 0.3 is 6.03 Å². The average Bonchev–Trinajstić information content (AvgIpc) is 2.85. The van der Waals surface area contributed by atoms with Gasteiger partial charge in [0.2, 0.25) is 0 Å². The highest BCUT2D eigenvalue weighted by Gasteiger charge is 2.37. The molecule has 0 aromatic carbocycles. The fourth-order valence-corrected chi connectivity index (χ4v) is 2.94. The molecular weight excluding hydrogens is 324 g/mol. The molecule has 10 heteroatoms. The highest BCUT2D eigenvalue weighted by molar-refractivity contribution is 5.74. The second kappa shape index (κ2) is 6.98. The van der Waals surface area contributed by atoms with Crippen molar-refractivity contribution in [3.05, 3.63) is 11.6 Å². The van der Waals surface area contributed by atoms with Crippen LogP contribution in [0.3, 0.4) is 0 Å². The number of urea groups is 1. The van der Waals surface area contributed by atoms with Gasteiger partial charge in [-0.05, 0) is 12.8 Å². The number of carbonyl (C=O) groups excluding carboxylic acids is 1. The molecule has 134 valence electrons. The van der Waals surface area contributed by atoms with Crippen molar-refractivity contribution in [2.45, 2.75) is 38.0 Å². The number of alkyl halides is 2. The van der Waals surface area contributed by atoms with Crippen LogP contribution in [-0.2, 0) is 22.6 Å². The van der Waals surface area contributed by atoms with E-state index in [0.29, 0.717) is 24.6 Å². The van der Waals surface area contributed by atoms with Crippen LogP contribution in [0, 0.1) is 0 Å². The molecule has 3 rings (SSSR count). The van der Waals surface area contributed by atoms with Crippen molar-refractivity contribution < 1.29 is 23.0 Å². The molecule has 24 heavy (non-hydrogen) atoms. The first-order valence-corrected chi connectivity index (χ1v) is 7.92. The van der Waals surface area contributed by atoms with E-state index in [4.69, 9.17) is 9.47 Å². The summed E-state index contributed by atoms with van der Waals surface area (Å²) in [5, 5.41) is 7.12. The lowest BCUT2D eigenvalue weighted by Gasteiger charge is -2.28. The molecule has 1 unspecified atom stereocenters. The van der Waals surface area contributed by atoms with Crippen LogP contribution < -0.4 is 5.32 Å². The Balaban J connectivity index is 1.69. The number of rotatable bonds is 3. The van der Waals surface area contributed by atoms with E-state index in [9.17, 15) is 13.6 Å².